The average Bonchev–Trinajstić information content (AvgIpc) is 3.28. The molecule has 0 radical (unpaired) electrons. The van der Waals surface area contributed by atoms with E-state index in [1.165, 1.54) is 11.8 Å². The van der Waals surface area contributed by atoms with E-state index in [-0.39, 0.29) is 12.5 Å². The molecule has 7 heteroatoms. The Bertz CT molecular complexity index is 1190. The van der Waals surface area contributed by atoms with Crippen molar-refractivity contribution in [1.82, 2.24) is 9.47 Å². The van der Waals surface area contributed by atoms with Gasteiger partial charge in [-0.1, -0.05) is 36.4 Å². The normalized spacial score (nSPS) is 16.5. The lowest BCUT2D eigenvalue weighted by Crippen LogP contribution is -2.30. The molecule has 0 atom stereocenters. The van der Waals surface area contributed by atoms with Crippen LogP contribution in [0.4, 0.5) is 5.69 Å². The molecule has 0 spiro atoms. The molecule has 0 aliphatic carbocycles. The second-order valence-electron chi connectivity index (χ2n) is 7.03. The van der Waals surface area contributed by atoms with Crippen LogP contribution in [-0.2, 0) is 16.1 Å². The van der Waals surface area contributed by atoms with Crippen molar-refractivity contribution in [1.29, 1.82) is 5.26 Å². The highest BCUT2D eigenvalue weighted by molar-refractivity contribution is 8.18. The minimum absolute atomic E-state index is 0.0621. The van der Waals surface area contributed by atoms with E-state index in [0.29, 0.717) is 23.2 Å². The van der Waals surface area contributed by atoms with Crippen LogP contribution in [0.2, 0.25) is 0 Å². The topological polar surface area (TPSA) is 70.6 Å². The number of methoxy groups -OCH3 is 1. The van der Waals surface area contributed by atoms with Crippen molar-refractivity contribution in [3.63, 3.8) is 0 Å². The predicted octanol–water partition coefficient (Wildman–Crippen LogP) is 4.81. The summed E-state index contributed by atoms with van der Waals surface area (Å²) >= 11 is 1.38. The van der Waals surface area contributed by atoms with Gasteiger partial charge in [-0.2, -0.15) is 5.26 Å². The number of rotatable bonds is 7. The Labute approximate surface area is 185 Å². The average molecular weight is 431 g/mol. The van der Waals surface area contributed by atoms with Gasteiger partial charge in [0.05, 0.1) is 16.7 Å². The summed E-state index contributed by atoms with van der Waals surface area (Å²) in [6.07, 6.45) is 4.56. The number of ether oxygens (including phenoxy) is 1. The molecule has 1 fully saturated rings. The summed E-state index contributed by atoms with van der Waals surface area (Å²) in [6, 6.07) is 19.7. The van der Waals surface area contributed by atoms with Gasteiger partial charge in [0.15, 0.2) is 5.17 Å². The number of aliphatic imine (C=N–C) groups is 1. The SMILES string of the molecule is COCCCN1C(=O)C(=Cc2cn(CC#N)c3ccccc23)SC1=Nc1ccccc1. The molecule has 156 valence electrons. The van der Waals surface area contributed by atoms with Crippen molar-refractivity contribution in [3.8, 4) is 6.07 Å². The Morgan fingerprint density at radius 2 is 1.94 bits per heavy atom. The highest BCUT2D eigenvalue weighted by Gasteiger charge is 2.33. The predicted molar refractivity (Wildman–Crippen MR) is 125 cm³/mol. The van der Waals surface area contributed by atoms with Crippen LogP contribution in [-0.4, -0.2) is 40.8 Å². The van der Waals surface area contributed by atoms with E-state index in [1.807, 2.05) is 71.4 Å². The lowest BCUT2D eigenvalue weighted by atomic mass is 10.1. The van der Waals surface area contributed by atoms with Gasteiger partial charge in [0.25, 0.3) is 5.91 Å². The largest absolute Gasteiger partial charge is 0.385 e. The van der Waals surface area contributed by atoms with Crippen LogP contribution in [0.3, 0.4) is 0 Å². The zero-order valence-corrected chi connectivity index (χ0v) is 18.0. The number of amidine groups is 1. The van der Waals surface area contributed by atoms with Crippen LogP contribution in [0.1, 0.15) is 12.0 Å². The maximum absolute atomic E-state index is 13.2. The number of carbonyl (C=O) groups is 1. The first-order valence-electron chi connectivity index (χ1n) is 10.00. The van der Waals surface area contributed by atoms with Gasteiger partial charge in [0.1, 0.15) is 6.54 Å². The number of thioether (sulfide) groups is 1. The number of nitriles is 1. The first kappa shape index (κ1) is 20.9. The molecule has 31 heavy (non-hydrogen) atoms. The molecule has 1 aliphatic rings. The van der Waals surface area contributed by atoms with Crippen molar-refractivity contribution in [2.75, 3.05) is 20.3 Å². The quantitative estimate of drug-likeness (QED) is 0.399. The van der Waals surface area contributed by atoms with E-state index < -0.39 is 0 Å². The lowest BCUT2D eigenvalue weighted by Gasteiger charge is -2.15. The van der Waals surface area contributed by atoms with Crippen LogP contribution >= 0.6 is 11.8 Å². The monoisotopic (exact) mass is 430 g/mol. The highest BCUT2D eigenvalue weighted by Crippen LogP contribution is 2.35. The van der Waals surface area contributed by atoms with Gasteiger partial charge in [0.2, 0.25) is 0 Å². The number of aromatic nitrogens is 1. The molecule has 1 aromatic heterocycles. The molecule has 0 unspecified atom stereocenters. The van der Waals surface area contributed by atoms with Crippen LogP contribution in [0.25, 0.3) is 17.0 Å². The molecule has 1 saturated heterocycles. The number of nitrogens with zero attached hydrogens (tertiary/aromatic N) is 4. The first-order chi connectivity index (χ1) is 15.2. The molecule has 1 amide bonds. The summed E-state index contributed by atoms with van der Waals surface area (Å²) in [6.45, 7) is 1.38. The molecule has 4 rings (SSSR count). The van der Waals surface area contributed by atoms with E-state index in [1.54, 1.807) is 12.0 Å². The molecule has 2 heterocycles. The number of para-hydroxylation sites is 2. The van der Waals surface area contributed by atoms with Crippen LogP contribution in [0.5, 0.6) is 0 Å². The Morgan fingerprint density at radius 3 is 2.71 bits per heavy atom. The fourth-order valence-electron chi connectivity index (χ4n) is 3.51. The Kier molecular flexibility index (Phi) is 6.51. The summed E-state index contributed by atoms with van der Waals surface area (Å²) in [5.74, 6) is -0.0621. The maximum Gasteiger partial charge on any atom is 0.266 e. The zero-order chi connectivity index (χ0) is 21.6. The number of hydrogen-bond donors (Lipinski definition) is 0. The van der Waals surface area contributed by atoms with Gasteiger partial charge in [0, 0.05) is 42.9 Å². The second kappa shape index (κ2) is 9.65. The van der Waals surface area contributed by atoms with Crippen LogP contribution in [0, 0.1) is 11.3 Å². The molecule has 1 aliphatic heterocycles. The molecular formula is C24H22N4O2S. The van der Waals surface area contributed by atoms with Gasteiger partial charge >= 0.3 is 0 Å². The summed E-state index contributed by atoms with van der Waals surface area (Å²) < 4.78 is 7.06. The highest BCUT2D eigenvalue weighted by atomic mass is 32.2. The molecule has 0 saturated carbocycles. The Morgan fingerprint density at radius 1 is 1.16 bits per heavy atom. The molecule has 2 aromatic carbocycles. The first-order valence-corrected chi connectivity index (χ1v) is 10.8. The van der Waals surface area contributed by atoms with Crippen molar-refractivity contribution in [2.24, 2.45) is 4.99 Å². The second-order valence-corrected chi connectivity index (χ2v) is 8.04. The Balaban J connectivity index is 1.71. The standard InChI is InChI=1S/C24H22N4O2S/c1-30-15-7-13-28-23(29)22(31-24(28)26-19-8-3-2-4-9-19)16-18-17-27(14-12-25)21-11-6-5-10-20(18)21/h2-6,8-11,16-17H,7,13-15H2,1H3. The molecular weight excluding hydrogens is 408 g/mol. The summed E-state index contributed by atoms with van der Waals surface area (Å²) in [4.78, 5) is 20.3. The summed E-state index contributed by atoms with van der Waals surface area (Å²) in [5, 5.41) is 10.8. The van der Waals surface area contributed by atoms with E-state index in [2.05, 4.69) is 6.07 Å². The van der Waals surface area contributed by atoms with Gasteiger partial charge in [-0.3, -0.25) is 9.69 Å². The molecule has 3 aromatic rings. The van der Waals surface area contributed by atoms with Gasteiger partial charge < -0.3 is 9.30 Å². The third-order valence-corrected chi connectivity index (χ3v) is 5.95. The number of fused-ring (bicyclic) bond motifs is 1. The minimum atomic E-state index is -0.0621. The fraction of sp³-hybridized carbons (Fsp3) is 0.208. The van der Waals surface area contributed by atoms with E-state index in [9.17, 15) is 4.79 Å². The van der Waals surface area contributed by atoms with Gasteiger partial charge in [-0.15, -0.1) is 0 Å². The van der Waals surface area contributed by atoms with E-state index in [0.717, 1.165) is 28.6 Å². The number of amides is 1. The van der Waals surface area contributed by atoms with Gasteiger partial charge in [-0.25, -0.2) is 4.99 Å². The van der Waals surface area contributed by atoms with E-state index in [4.69, 9.17) is 15.0 Å². The van der Waals surface area contributed by atoms with Gasteiger partial charge in [-0.05, 0) is 42.5 Å². The number of benzene rings is 2. The fourth-order valence-corrected chi connectivity index (χ4v) is 4.52. The lowest BCUT2D eigenvalue weighted by molar-refractivity contribution is -0.122. The smallest absolute Gasteiger partial charge is 0.266 e. The molecule has 0 N–H and O–H groups in total. The Hall–Kier alpha value is -3.34. The molecule has 0 bridgehead atoms. The summed E-state index contributed by atoms with van der Waals surface area (Å²) in [7, 11) is 1.65. The molecule has 6 nitrogen and oxygen atoms in total. The van der Waals surface area contributed by atoms with Crippen LogP contribution < -0.4 is 0 Å². The minimum Gasteiger partial charge on any atom is -0.385 e. The maximum atomic E-state index is 13.2. The van der Waals surface area contributed by atoms with Crippen LogP contribution in [0.15, 0.2) is 70.7 Å². The number of hydrogen-bond acceptors (Lipinski definition) is 5. The third kappa shape index (κ3) is 4.55. The number of carbonyl (C=O) groups excluding carboxylic acids is 1. The van der Waals surface area contributed by atoms with Crippen molar-refractivity contribution < 1.29 is 9.53 Å². The van der Waals surface area contributed by atoms with Crippen molar-refractivity contribution in [3.05, 3.63) is 71.3 Å². The summed E-state index contributed by atoms with van der Waals surface area (Å²) in [5.41, 5.74) is 2.70. The van der Waals surface area contributed by atoms with E-state index >= 15 is 0 Å². The zero-order valence-electron chi connectivity index (χ0n) is 17.2. The van der Waals surface area contributed by atoms with Crippen molar-refractivity contribution in [2.45, 2.75) is 13.0 Å². The van der Waals surface area contributed by atoms with Crippen molar-refractivity contribution >= 4 is 45.5 Å². The third-order valence-electron chi connectivity index (χ3n) is 4.95.